The number of rotatable bonds is 8. The maximum atomic E-state index is 12.2. The number of tetrazole rings is 1. The first-order valence-corrected chi connectivity index (χ1v) is 8.63. The fourth-order valence-corrected chi connectivity index (χ4v) is 2.38. The van der Waals surface area contributed by atoms with Gasteiger partial charge >= 0.3 is 0 Å². The van der Waals surface area contributed by atoms with Gasteiger partial charge in [-0.25, -0.2) is 0 Å². The van der Waals surface area contributed by atoms with Gasteiger partial charge in [0.25, 0.3) is 0 Å². The fraction of sp³-hybridized carbons (Fsp3) is 0.263. The second-order valence-corrected chi connectivity index (χ2v) is 5.80. The van der Waals surface area contributed by atoms with Crippen LogP contribution >= 0.6 is 0 Å². The lowest BCUT2D eigenvalue weighted by molar-refractivity contribution is -0.117. The number of anilines is 1. The van der Waals surface area contributed by atoms with Crippen molar-refractivity contribution in [3.05, 3.63) is 48.5 Å². The normalized spacial score (nSPS) is 10.4. The largest absolute Gasteiger partial charge is 0.497 e. The summed E-state index contributed by atoms with van der Waals surface area (Å²) in [5.41, 5.74) is 1.45. The van der Waals surface area contributed by atoms with Gasteiger partial charge in [-0.1, -0.05) is 13.0 Å². The van der Waals surface area contributed by atoms with Crippen molar-refractivity contribution in [1.82, 2.24) is 20.2 Å². The summed E-state index contributed by atoms with van der Waals surface area (Å²) in [5, 5.41) is 15.0. The molecule has 140 valence electrons. The number of benzene rings is 2. The van der Waals surface area contributed by atoms with Crippen molar-refractivity contribution < 1.29 is 14.3 Å². The van der Waals surface area contributed by atoms with E-state index in [1.54, 1.807) is 31.4 Å². The van der Waals surface area contributed by atoms with E-state index >= 15 is 0 Å². The van der Waals surface area contributed by atoms with Crippen LogP contribution in [0.4, 0.5) is 5.69 Å². The molecule has 1 heterocycles. The summed E-state index contributed by atoms with van der Waals surface area (Å²) in [6.45, 7) is 2.69. The fourth-order valence-electron chi connectivity index (χ4n) is 2.38. The molecule has 8 heteroatoms. The molecule has 0 radical (unpaired) electrons. The lowest BCUT2D eigenvalue weighted by Crippen LogP contribution is -2.20. The Morgan fingerprint density at radius 3 is 2.70 bits per heavy atom. The molecular weight excluding hydrogens is 346 g/mol. The molecule has 1 N–H and O–H groups in total. The summed E-state index contributed by atoms with van der Waals surface area (Å²) >= 11 is 0. The summed E-state index contributed by atoms with van der Waals surface area (Å²) < 4.78 is 10.7. The first kappa shape index (κ1) is 18.4. The molecule has 0 unspecified atom stereocenters. The van der Waals surface area contributed by atoms with E-state index in [2.05, 4.69) is 27.7 Å². The Hall–Kier alpha value is -3.42. The molecular formula is C19H21N5O3. The monoisotopic (exact) mass is 367 g/mol. The molecule has 0 spiro atoms. The van der Waals surface area contributed by atoms with Gasteiger partial charge < -0.3 is 14.8 Å². The van der Waals surface area contributed by atoms with Crippen LogP contribution in [0.25, 0.3) is 11.4 Å². The van der Waals surface area contributed by atoms with Crippen molar-refractivity contribution in [2.45, 2.75) is 19.9 Å². The Labute approximate surface area is 157 Å². The molecule has 1 amide bonds. The van der Waals surface area contributed by atoms with Crippen LogP contribution in [0.1, 0.15) is 13.3 Å². The van der Waals surface area contributed by atoms with Crippen molar-refractivity contribution in [2.24, 2.45) is 0 Å². The van der Waals surface area contributed by atoms with Gasteiger partial charge in [0.05, 0.1) is 13.7 Å². The first-order valence-electron chi connectivity index (χ1n) is 8.63. The van der Waals surface area contributed by atoms with E-state index in [9.17, 15) is 4.79 Å². The highest BCUT2D eigenvalue weighted by Gasteiger charge is 2.10. The molecule has 0 aliphatic rings. The van der Waals surface area contributed by atoms with Gasteiger partial charge in [-0.05, 0) is 48.0 Å². The summed E-state index contributed by atoms with van der Waals surface area (Å²) in [6.07, 6.45) is 0.954. The van der Waals surface area contributed by atoms with Crippen LogP contribution in [0.3, 0.4) is 0 Å². The minimum Gasteiger partial charge on any atom is -0.497 e. The van der Waals surface area contributed by atoms with E-state index in [-0.39, 0.29) is 12.5 Å². The van der Waals surface area contributed by atoms with Crippen LogP contribution in [-0.4, -0.2) is 39.8 Å². The summed E-state index contributed by atoms with van der Waals surface area (Å²) in [5.74, 6) is 1.66. The number of carbonyl (C=O) groups excluding carboxylic acids is 1. The number of methoxy groups -OCH3 is 1. The Morgan fingerprint density at radius 2 is 1.96 bits per heavy atom. The zero-order valence-corrected chi connectivity index (χ0v) is 15.3. The molecule has 0 saturated heterocycles. The smallest absolute Gasteiger partial charge is 0.248 e. The van der Waals surface area contributed by atoms with E-state index in [1.165, 1.54) is 4.80 Å². The molecule has 0 saturated carbocycles. The second kappa shape index (κ2) is 8.79. The van der Waals surface area contributed by atoms with Gasteiger partial charge in [-0.15, -0.1) is 10.2 Å². The number of nitrogens with one attached hydrogen (secondary N) is 1. The van der Waals surface area contributed by atoms with E-state index < -0.39 is 0 Å². The summed E-state index contributed by atoms with van der Waals surface area (Å²) in [4.78, 5) is 13.4. The van der Waals surface area contributed by atoms with E-state index in [0.717, 1.165) is 17.7 Å². The predicted octanol–water partition coefficient (Wildman–Crippen LogP) is 2.78. The highest BCUT2D eigenvalue weighted by Crippen LogP contribution is 2.19. The zero-order valence-electron chi connectivity index (χ0n) is 15.3. The average molecular weight is 367 g/mol. The molecule has 0 atom stereocenters. The molecule has 1 aromatic heterocycles. The highest BCUT2D eigenvalue weighted by molar-refractivity contribution is 5.90. The molecule has 0 aliphatic carbocycles. The predicted molar refractivity (Wildman–Crippen MR) is 101 cm³/mol. The van der Waals surface area contributed by atoms with Crippen molar-refractivity contribution in [3.8, 4) is 22.9 Å². The van der Waals surface area contributed by atoms with Crippen LogP contribution in [0.15, 0.2) is 48.5 Å². The standard InChI is InChI=1S/C19H21N5O3/c1-3-11-27-16-9-7-14(8-10-16)19-21-23-24(22-19)13-18(25)20-15-5-4-6-17(12-15)26-2/h4-10,12H,3,11,13H2,1-2H3,(H,20,25). The molecule has 2 aromatic carbocycles. The minimum atomic E-state index is -0.254. The summed E-state index contributed by atoms with van der Waals surface area (Å²) in [7, 11) is 1.57. The molecule has 0 fully saturated rings. The van der Waals surface area contributed by atoms with Gasteiger partial charge in [0.1, 0.15) is 18.0 Å². The molecule has 27 heavy (non-hydrogen) atoms. The Kier molecular flexibility index (Phi) is 5.98. The van der Waals surface area contributed by atoms with Crippen LogP contribution in [0.2, 0.25) is 0 Å². The van der Waals surface area contributed by atoms with Gasteiger partial charge in [0.15, 0.2) is 0 Å². The third-order valence-electron chi connectivity index (χ3n) is 3.68. The van der Waals surface area contributed by atoms with Crippen LogP contribution < -0.4 is 14.8 Å². The number of ether oxygens (including phenoxy) is 2. The Balaban J connectivity index is 1.60. The van der Waals surface area contributed by atoms with Gasteiger partial charge in [0, 0.05) is 17.3 Å². The van der Waals surface area contributed by atoms with E-state index in [4.69, 9.17) is 9.47 Å². The molecule has 0 bridgehead atoms. The number of nitrogens with zero attached hydrogens (tertiary/aromatic N) is 4. The first-order chi connectivity index (χ1) is 13.2. The highest BCUT2D eigenvalue weighted by atomic mass is 16.5. The number of hydrogen-bond donors (Lipinski definition) is 1. The minimum absolute atomic E-state index is 0.0398. The Morgan fingerprint density at radius 1 is 1.15 bits per heavy atom. The van der Waals surface area contributed by atoms with Gasteiger partial charge in [0.2, 0.25) is 11.7 Å². The van der Waals surface area contributed by atoms with Crippen molar-refractivity contribution in [2.75, 3.05) is 19.0 Å². The summed E-state index contributed by atoms with van der Waals surface area (Å²) in [6, 6.07) is 14.6. The van der Waals surface area contributed by atoms with Crippen molar-refractivity contribution in [1.29, 1.82) is 0 Å². The molecule has 3 aromatic rings. The molecule has 8 nitrogen and oxygen atoms in total. The van der Waals surface area contributed by atoms with Crippen LogP contribution in [0, 0.1) is 0 Å². The average Bonchev–Trinajstić information content (AvgIpc) is 3.15. The van der Waals surface area contributed by atoms with Gasteiger partial charge in [-0.3, -0.25) is 4.79 Å². The zero-order chi connectivity index (χ0) is 19.1. The van der Waals surface area contributed by atoms with Crippen molar-refractivity contribution >= 4 is 11.6 Å². The molecule has 0 aliphatic heterocycles. The quantitative estimate of drug-likeness (QED) is 0.658. The SMILES string of the molecule is CCCOc1ccc(-c2nnn(CC(=O)Nc3cccc(OC)c3)n2)cc1. The van der Waals surface area contributed by atoms with Crippen LogP contribution in [0.5, 0.6) is 11.5 Å². The van der Waals surface area contributed by atoms with Crippen molar-refractivity contribution in [3.63, 3.8) is 0 Å². The lowest BCUT2D eigenvalue weighted by Gasteiger charge is -2.06. The number of carbonyl (C=O) groups is 1. The van der Waals surface area contributed by atoms with E-state index in [1.807, 2.05) is 24.3 Å². The maximum Gasteiger partial charge on any atom is 0.248 e. The molecule has 3 rings (SSSR count). The number of aromatic nitrogens is 4. The topological polar surface area (TPSA) is 91.2 Å². The number of hydrogen-bond acceptors (Lipinski definition) is 6. The Bertz CT molecular complexity index is 892. The van der Waals surface area contributed by atoms with E-state index in [0.29, 0.717) is 23.9 Å². The second-order valence-electron chi connectivity index (χ2n) is 5.80. The third kappa shape index (κ3) is 5.04. The maximum absolute atomic E-state index is 12.2. The lowest BCUT2D eigenvalue weighted by atomic mass is 10.2. The number of amides is 1. The van der Waals surface area contributed by atoms with Gasteiger partial charge in [-0.2, -0.15) is 4.80 Å². The van der Waals surface area contributed by atoms with Crippen LogP contribution in [-0.2, 0) is 11.3 Å². The third-order valence-corrected chi connectivity index (χ3v) is 3.68.